The first-order valence-electron chi connectivity index (χ1n) is 6.87. The normalized spacial score (nSPS) is 25.9. The van der Waals surface area contributed by atoms with E-state index in [1.807, 2.05) is 11.3 Å². The second-order valence-electron chi connectivity index (χ2n) is 5.76. The number of nitrogens with zero attached hydrogens (tertiary/aromatic N) is 2. The third-order valence-corrected chi connectivity index (χ3v) is 5.63. The Hall–Kier alpha value is -0.650. The molecule has 3 aliphatic rings. The van der Waals surface area contributed by atoms with E-state index in [-0.39, 0.29) is 0 Å². The molecule has 4 nitrogen and oxygen atoms in total. The van der Waals surface area contributed by atoms with Crippen LogP contribution in [-0.2, 0) is 17.7 Å². The third-order valence-electron chi connectivity index (χ3n) is 4.47. The Morgan fingerprint density at radius 1 is 1.28 bits per heavy atom. The molecule has 0 aromatic carbocycles. The number of thiazole rings is 1. The maximum atomic E-state index is 5.47. The molecule has 4 heterocycles. The zero-order valence-corrected chi connectivity index (χ0v) is 11.4. The van der Waals surface area contributed by atoms with Crippen molar-refractivity contribution >= 4 is 16.5 Å². The summed E-state index contributed by atoms with van der Waals surface area (Å²) in [5.41, 5.74) is 1.88. The molecule has 1 aromatic rings. The quantitative estimate of drug-likeness (QED) is 0.833. The average Bonchev–Trinajstić information content (AvgIpc) is 2.80. The standard InChI is InChI=1S/C13H19N3OS/c1-4-14-7-11-10(1)15-12(18-11)16-8-13(9-16)2-5-17-6-3-13/h14H,1-9H2. The van der Waals surface area contributed by atoms with Gasteiger partial charge in [0.25, 0.3) is 0 Å². The van der Waals surface area contributed by atoms with Gasteiger partial charge in [-0.25, -0.2) is 4.98 Å². The molecule has 4 rings (SSSR count). The van der Waals surface area contributed by atoms with Crippen LogP contribution >= 0.6 is 11.3 Å². The van der Waals surface area contributed by atoms with Gasteiger partial charge < -0.3 is 15.0 Å². The number of nitrogens with one attached hydrogen (secondary N) is 1. The van der Waals surface area contributed by atoms with Gasteiger partial charge in [0, 0.05) is 56.1 Å². The number of anilines is 1. The van der Waals surface area contributed by atoms with E-state index in [9.17, 15) is 0 Å². The lowest BCUT2D eigenvalue weighted by Gasteiger charge is -2.52. The summed E-state index contributed by atoms with van der Waals surface area (Å²) in [5.74, 6) is 0. The average molecular weight is 265 g/mol. The van der Waals surface area contributed by atoms with E-state index in [0.29, 0.717) is 5.41 Å². The molecule has 98 valence electrons. The van der Waals surface area contributed by atoms with Crippen molar-refractivity contribution in [2.24, 2.45) is 5.41 Å². The van der Waals surface area contributed by atoms with Crippen LogP contribution in [0.2, 0.25) is 0 Å². The molecule has 0 unspecified atom stereocenters. The largest absolute Gasteiger partial charge is 0.381 e. The van der Waals surface area contributed by atoms with E-state index in [2.05, 4.69) is 10.2 Å². The third kappa shape index (κ3) is 1.76. The van der Waals surface area contributed by atoms with Crippen LogP contribution in [0.25, 0.3) is 0 Å². The summed E-state index contributed by atoms with van der Waals surface area (Å²) in [6, 6.07) is 0. The van der Waals surface area contributed by atoms with Crippen LogP contribution in [0.5, 0.6) is 0 Å². The van der Waals surface area contributed by atoms with Gasteiger partial charge in [0.1, 0.15) is 0 Å². The van der Waals surface area contributed by atoms with E-state index >= 15 is 0 Å². The smallest absolute Gasteiger partial charge is 0.185 e. The Balaban J connectivity index is 1.47. The van der Waals surface area contributed by atoms with Gasteiger partial charge in [-0.15, -0.1) is 11.3 Å². The minimum atomic E-state index is 0.544. The van der Waals surface area contributed by atoms with Crippen molar-refractivity contribution in [1.29, 1.82) is 0 Å². The van der Waals surface area contributed by atoms with Gasteiger partial charge in [-0.1, -0.05) is 0 Å². The second kappa shape index (κ2) is 4.18. The van der Waals surface area contributed by atoms with E-state index in [1.165, 1.54) is 41.6 Å². The summed E-state index contributed by atoms with van der Waals surface area (Å²) >= 11 is 1.89. The number of hydrogen-bond donors (Lipinski definition) is 1. The molecule has 18 heavy (non-hydrogen) atoms. The lowest BCUT2D eigenvalue weighted by molar-refractivity contribution is -0.000211. The van der Waals surface area contributed by atoms with Gasteiger partial charge in [-0.05, 0) is 12.8 Å². The molecule has 1 spiro atoms. The van der Waals surface area contributed by atoms with Crippen LogP contribution in [0.3, 0.4) is 0 Å². The van der Waals surface area contributed by atoms with Gasteiger partial charge >= 0.3 is 0 Å². The van der Waals surface area contributed by atoms with Gasteiger partial charge in [0.15, 0.2) is 5.13 Å². The molecule has 3 aliphatic heterocycles. The van der Waals surface area contributed by atoms with Crippen molar-refractivity contribution in [1.82, 2.24) is 10.3 Å². The topological polar surface area (TPSA) is 37.4 Å². The van der Waals surface area contributed by atoms with Crippen LogP contribution in [0.15, 0.2) is 0 Å². The predicted octanol–water partition coefficient (Wildman–Crippen LogP) is 1.41. The first-order valence-corrected chi connectivity index (χ1v) is 7.68. The molecule has 0 atom stereocenters. The van der Waals surface area contributed by atoms with Crippen molar-refractivity contribution in [3.63, 3.8) is 0 Å². The van der Waals surface area contributed by atoms with Crippen LogP contribution in [0.4, 0.5) is 5.13 Å². The SMILES string of the molecule is C1Cc2nc(N3CC4(CCOCC4)C3)sc2CN1. The van der Waals surface area contributed by atoms with Crippen molar-refractivity contribution < 1.29 is 4.74 Å². The first-order chi connectivity index (χ1) is 8.85. The van der Waals surface area contributed by atoms with Crippen LogP contribution < -0.4 is 10.2 Å². The van der Waals surface area contributed by atoms with Gasteiger partial charge in [-0.3, -0.25) is 0 Å². The number of aromatic nitrogens is 1. The van der Waals surface area contributed by atoms with Gasteiger partial charge in [-0.2, -0.15) is 0 Å². The van der Waals surface area contributed by atoms with E-state index in [4.69, 9.17) is 9.72 Å². The summed E-state index contributed by atoms with van der Waals surface area (Å²) in [6.07, 6.45) is 3.56. The van der Waals surface area contributed by atoms with Crippen molar-refractivity contribution in [2.75, 3.05) is 37.7 Å². The summed E-state index contributed by atoms with van der Waals surface area (Å²) in [7, 11) is 0. The number of fused-ring (bicyclic) bond motifs is 1. The Morgan fingerprint density at radius 2 is 2.11 bits per heavy atom. The molecule has 0 radical (unpaired) electrons. The Kier molecular flexibility index (Phi) is 2.60. The Labute approximate surface area is 111 Å². The fourth-order valence-corrected chi connectivity index (χ4v) is 4.34. The highest BCUT2D eigenvalue weighted by Gasteiger charge is 2.45. The maximum Gasteiger partial charge on any atom is 0.185 e. The number of hydrogen-bond acceptors (Lipinski definition) is 5. The molecule has 2 saturated heterocycles. The molecule has 0 saturated carbocycles. The highest BCUT2D eigenvalue weighted by atomic mass is 32.1. The monoisotopic (exact) mass is 265 g/mol. The first kappa shape index (κ1) is 11.2. The minimum absolute atomic E-state index is 0.544. The van der Waals surface area contributed by atoms with Crippen LogP contribution in [0.1, 0.15) is 23.4 Å². The van der Waals surface area contributed by atoms with Gasteiger partial charge in [0.2, 0.25) is 0 Å². The molecule has 0 bridgehead atoms. The van der Waals surface area contributed by atoms with Crippen LogP contribution in [-0.4, -0.2) is 37.8 Å². The van der Waals surface area contributed by atoms with Crippen LogP contribution in [0, 0.1) is 5.41 Å². The zero-order valence-electron chi connectivity index (χ0n) is 10.6. The molecule has 0 aliphatic carbocycles. The number of ether oxygens (including phenoxy) is 1. The maximum absolute atomic E-state index is 5.47. The molecule has 0 amide bonds. The van der Waals surface area contributed by atoms with Crippen molar-refractivity contribution in [3.05, 3.63) is 10.6 Å². The fraction of sp³-hybridized carbons (Fsp3) is 0.769. The van der Waals surface area contributed by atoms with E-state index in [1.54, 1.807) is 0 Å². The zero-order chi connectivity index (χ0) is 12.0. The van der Waals surface area contributed by atoms with E-state index < -0.39 is 0 Å². The molecule has 1 N–H and O–H groups in total. The van der Waals surface area contributed by atoms with E-state index in [0.717, 1.165) is 32.7 Å². The summed E-state index contributed by atoms with van der Waals surface area (Å²) in [4.78, 5) is 8.74. The highest BCUT2D eigenvalue weighted by molar-refractivity contribution is 7.15. The Bertz CT molecular complexity index is 422. The highest BCUT2D eigenvalue weighted by Crippen LogP contribution is 2.43. The minimum Gasteiger partial charge on any atom is -0.381 e. The molecule has 5 heteroatoms. The predicted molar refractivity (Wildman–Crippen MR) is 72.2 cm³/mol. The lowest BCUT2D eigenvalue weighted by Crippen LogP contribution is -2.58. The molecule has 1 aromatic heterocycles. The lowest BCUT2D eigenvalue weighted by atomic mass is 9.74. The van der Waals surface area contributed by atoms with Crippen molar-refractivity contribution in [3.8, 4) is 0 Å². The van der Waals surface area contributed by atoms with Crippen molar-refractivity contribution in [2.45, 2.75) is 25.8 Å². The van der Waals surface area contributed by atoms with Gasteiger partial charge in [0.05, 0.1) is 5.69 Å². The molecule has 2 fully saturated rings. The summed E-state index contributed by atoms with van der Waals surface area (Å²) in [6.45, 7) is 6.38. The molecular weight excluding hydrogens is 246 g/mol. The Morgan fingerprint density at radius 3 is 2.89 bits per heavy atom. The molecular formula is C13H19N3OS. The fourth-order valence-electron chi connectivity index (χ4n) is 3.27. The second-order valence-corrected chi connectivity index (χ2v) is 6.82. The summed E-state index contributed by atoms with van der Waals surface area (Å²) < 4.78 is 5.47. The number of rotatable bonds is 1. The summed E-state index contributed by atoms with van der Waals surface area (Å²) in [5, 5.41) is 4.67.